The molecule has 108 valence electrons. The Morgan fingerprint density at radius 2 is 2.05 bits per heavy atom. The third kappa shape index (κ3) is 3.10. The number of amides is 1. The average molecular weight is 282 g/mol. The van der Waals surface area contributed by atoms with E-state index in [4.69, 9.17) is 0 Å². The number of hydrogen-bond acceptors (Lipinski definition) is 3. The van der Waals surface area contributed by atoms with Gasteiger partial charge < -0.3 is 10.6 Å². The first-order valence-corrected chi connectivity index (χ1v) is 9.04. The molecular formula is C15H26N2OS. The van der Waals surface area contributed by atoms with Crippen LogP contribution < -0.4 is 10.6 Å². The molecular weight excluding hydrogens is 256 g/mol. The van der Waals surface area contributed by atoms with Crippen LogP contribution in [-0.4, -0.2) is 35.5 Å². The molecule has 19 heavy (non-hydrogen) atoms. The Bertz CT molecular complexity index is 343. The first-order chi connectivity index (χ1) is 9.22. The van der Waals surface area contributed by atoms with Crippen LogP contribution in [0.25, 0.3) is 0 Å². The van der Waals surface area contributed by atoms with Crippen LogP contribution in [0.1, 0.15) is 51.4 Å². The van der Waals surface area contributed by atoms with Crippen LogP contribution in [0.3, 0.4) is 0 Å². The second kappa shape index (κ2) is 5.65. The summed E-state index contributed by atoms with van der Waals surface area (Å²) in [6, 6.07) is 0.672. The lowest BCUT2D eigenvalue weighted by Gasteiger charge is -2.40. The molecule has 0 aromatic rings. The maximum Gasteiger partial charge on any atom is 0.237 e. The van der Waals surface area contributed by atoms with Crippen LogP contribution in [-0.2, 0) is 4.79 Å². The Kier molecular flexibility index (Phi) is 4.08. The Balaban J connectivity index is 1.47. The summed E-state index contributed by atoms with van der Waals surface area (Å²) in [5.41, 5.74) is 0. The van der Waals surface area contributed by atoms with Crippen molar-refractivity contribution in [1.82, 2.24) is 10.6 Å². The molecule has 1 aliphatic heterocycles. The lowest BCUT2D eigenvalue weighted by Crippen LogP contribution is -2.55. The molecule has 2 N–H and O–H groups in total. The Morgan fingerprint density at radius 3 is 2.79 bits per heavy atom. The van der Waals surface area contributed by atoms with Crippen molar-refractivity contribution in [3.8, 4) is 0 Å². The smallest absolute Gasteiger partial charge is 0.237 e. The van der Waals surface area contributed by atoms with Crippen LogP contribution in [0.2, 0.25) is 0 Å². The Morgan fingerprint density at radius 1 is 1.26 bits per heavy atom. The van der Waals surface area contributed by atoms with Gasteiger partial charge in [0.1, 0.15) is 0 Å². The third-order valence-electron chi connectivity index (χ3n) is 5.29. The quantitative estimate of drug-likeness (QED) is 0.831. The minimum Gasteiger partial charge on any atom is -0.353 e. The molecule has 3 fully saturated rings. The van der Waals surface area contributed by atoms with Crippen LogP contribution in [0.15, 0.2) is 0 Å². The Hall–Kier alpha value is -0.220. The number of hydrogen-bond donors (Lipinski definition) is 2. The summed E-state index contributed by atoms with van der Waals surface area (Å²) in [7, 11) is 0. The van der Waals surface area contributed by atoms with E-state index in [2.05, 4.69) is 16.9 Å². The van der Waals surface area contributed by atoms with Gasteiger partial charge in [-0.15, -0.1) is 0 Å². The standard InChI is InChI=1S/C15H26N2OS/c1-19-15(8-9-15)10-16-14(18)13-7-6-11-4-2-3-5-12(11)17-13/h11-13,17H,2-10H2,1H3,(H,16,18). The highest BCUT2D eigenvalue weighted by molar-refractivity contribution is 8.00. The predicted molar refractivity (Wildman–Crippen MR) is 80.4 cm³/mol. The van der Waals surface area contributed by atoms with Crippen LogP contribution in [0.5, 0.6) is 0 Å². The molecule has 0 radical (unpaired) electrons. The molecule has 0 bridgehead atoms. The number of carbonyl (C=O) groups excluding carboxylic acids is 1. The minimum absolute atomic E-state index is 0.0667. The molecule has 2 saturated carbocycles. The lowest BCUT2D eigenvalue weighted by atomic mass is 9.77. The minimum atomic E-state index is 0.0667. The predicted octanol–water partition coefficient (Wildman–Crippen LogP) is 2.31. The van der Waals surface area contributed by atoms with Gasteiger partial charge in [-0.1, -0.05) is 12.8 Å². The van der Waals surface area contributed by atoms with E-state index >= 15 is 0 Å². The van der Waals surface area contributed by atoms with Gasteiger partial charge in [0.15, 0.2) is 0 Å². The molecule has 4 heteroatoms. The topological polar surface area (TPSA) is 41.1 Å². The van der Waals surface area contributed by atoms with E-state index in [-0.39, 0.29) is 11.9 Å². The van der Waals surface area contributed by atoms with Crippen molar-refractivity contribution in [3.63, 3.8) is 0 Å². The van der Waals surface area contributed by atoms with Gasteiger partial charge in [-0.05, 0) is 50.7 Å². The number of piperidine rings is 1. The summed E-state index contributed by atoms with van der Waals surface area (Å²) in [5, 5.41) is 6.79. The fraction of sp³-hybridized carbons (Fsp3) is 0.933. The number of carbonyl (C=O) groups is 1. The van der Waals surface area contributed by atoms with E-state index in [1.807, 2.05) is 11.8 Å². The molecule has 3 unspecified atom stereocenters. The molecule has 0 spiro atoms. The highest BCUT2D eigenvalue weighted by Gasteiger charge is 2.42. The van der Waals surface area contributed by atoms with Crippen molar-refractivity contribution in [1.29, 1.82) is 0 Å². The van der Waals surface area contributed by atoms with E-state index in [9.17, 15) is 4.79 Å². The van der Waals surface area contributed by atoms with Crippen molar-refractivity contribution in [3.05, 3.63) is 0 Å². The van der Waals surface area contributed by atoms with Crippen LogP contribution >= 0.6 is 11.8 Å². The molecule has 0 aromatic heterocycles. The summed E-state index contributed by atoms with van der Waals surface area (Å²) >= 11 is 1.91. The number of thioether (sulfide) groups is 1. The highest BCUT2D eigenvalue weighted by Crippen LogP contribution is 2.46. The fourth-order valence-corrected chi connectivity index (χ4v) is 4.39. The summed E-state index contributed by atoms with van der Waals surface area (Å²) in [6.45, 7) is 0.860. The molecule has 3 aliphatic rings. The summed E-state index contributed by atoms with van der Waals surface area (Å²) in [5.74, 6) is 1.07. The monoisotopic (exact) mass is 282 g/mol. The molecule has 1 saturated heterocycles. The summed E-state index contributed by atoms with van der Waals surface area (Å²) in [6.07, 6.45) is 12.3. The van der Waals surface area contributed by atoms with E-state index in [0.29, 0.717) is 10.8 Å². The zero-order valence-electron chi connectivity index (χ0n) is 11.9. The lowest BCUT2D eigenvalue weighted by molar-refractivity contribution is -0.124. The van der Waals surface area contributed by atoms with Gasteiger partial charge in [-0.3, -0.25) is 4.79 Å². The van der Waals surface area contributed by atoms with E-state index in [0.717, 1.165) is 18.9 Å². The SMILES string of the molecule is CSC1(CNC(=O)C2CCC3CCCCC3N2)CC1. The average Bonchev–Trinajstić information content (AvgIpc) is 3.25. The van der Waals surface area contributed by atoms with E-state index in [1.54, 1.807) is 0 Å². The van der Waals surface area contributed by atoms with Gasteiger partial charge >= 0.3 is 0 Å². The maximum atomic E-state index is 12.3. The van der Waals surface area contributed by atoms with Crippen molar-refractivity contribution in [2.45, 2.75) is 68.2 Å². The van der Waals surface area contributed by atoms with Gasteiger partial charge in [0.2, 0.25) is 5.91 Å². The summed E-state index contributed by atoms with van der Waals surface area (Å²) in [4.78, 5) is 12.3. The van der Waals surface area contributed by atoms with Gasteiger partial charge in [0.25, 0.3) is 0 Å². The van der Waals surface area contributed by atoms with Crippen molar-refractivity contribution >= 4 is 17.7 Å². The molecule has 3 rings (SSSR count). The first kappa shape index (κ1) is 13.7. The second-order valence-corrected chi connectivity index (χ2v) is 7.83. The van der Waals surface area contributed by atoms with Crippen molar-refractivity contribution < 1.29 is 4.79 Å². The van der Waals surface area contributed by atoms with E-state index in [1.165, 1.54) is 44.9 Å². The molecule has 1 amide bonds. The normalized spacial score (nSPS) is 36.4. The van der Waals surface area contributed by atoms with Gasteiger partial charge in [0.05, 0.1) is 6.04 Å². The van der Waals surface area contributed by atoms with Crippen molar-refractivity contribution in [2.24, 2.45) is 5.92 Å². The number of rotatable bonds is 4. The maximum absolute atomic E-state index is 12.3. The van der Waals surface area contributed by atoms with Gasteiger partial charge in [-0.2, -0.15) is 11.8 Å². The third-order valence-corrected chi connectivity index (χ3v) is 6.71. The fourth-order valence-electron chi connectivity index (χ4n) is 3.67. The number of nitrogens with one attached hydrogen (secondary N) is 2. The molecule has 3 atom stereocenters. The molecule has 1 heterocycles. The summed E-state index contributed by atoms with van der Waals surface area (Å²) < 4.78 is 0.373. The van der Waals surface area contributed by atoms with Crippen LogP contribution in [0.4, 0.5) is 0 Å². The first-order valence-electron chi connectivity index (χ1n) is 7.81. The Labute approximate surface area is 120 Å². The van der Waals surface area contributed by atoms with Crippen molar-refractivity contribution in [2.75, 3.05) is 12.8 Å². The highest BCUT2D eigenvalue weighted by atomic mass is 32.2. The molecule has 2 aliphatic carbocycles. The van der Waals surface area contributed by atoms with Gasteiger partial charge in [0, 0.05) is 17.3 Å². The largest absolute Gasteiger partial charge is 0.353 e. The zero-order chi connectivity index (χ0) is 13.3. The molecule has 3 nitrogen and oxygen atoms in total. The molecule has 0 aromatic carbocycles. The number of fused-ring (bicyclic) bond motifs is 1. The van der Waals surface area contributed by atoms with Crippen LogP contribution in [0, 0.1) is 5.92 Å². The zero-order valence-corrected chi connectivity index (χ0v) is 12.7. The van der Waals surface area contributed by atoms with Gasteiger partial charge in [-0.25, -0.2) is 0 Å². The van der Waals surface area contributed by atoms with E-state index < -0.39 is 0 Å². The second-order valence-electron chi connectivity index (χ2n) is 6.55.